The van der Waals surface area contributed by atoms with Gasteiger partial charge in [-0.3, -0.25) is 10.1 Å². The number of aromatic hydroxyl groups is 1. The first-order valence-corrected chi connectivity index (χ1v) is 7.05. The lowest BCUT2D eigenvalue weighted by atomic mass is 9.81. The van der Waals surface area contributed by atoms with Crippen LogP contribution >= 0.6 is 0 Å². The van der Waals surface area contributed by atoms with Crippen molar-refractivity contribution in [3.8, 4) is 5.75 Å². The first-order valence-electron chi connectivity index (χ1n) is 7.05. The van der Waals surface area contributed by atoms with Gasteiger partial charge in [0.15, 0.2) is 5.75 Å². The number of allylic oxidation sites excluding steroid dienone is 1. The van der Waals surface area contributed by atoms with Crippen molar-refractivity contribution in [3.05, 3.63) is 40.0 Å². The fourth-order valence-electron chi connectivity index (χ4n) is 2.52. The Kier molecular flexibility index (Phi) is 4.98. The van der Waals surface area contributed by atoms with Gasteiger partial charge in [-0.15, -0.1) is 0 Å². The summed E-state index contributed by atoms with van der Waals surface area (Å²) < 4.78 is 0. The molecule has 0 aliphatic carbocycles. The van der Waals surface area contributed by atoms with Gasteiger partial charge in [-0.2, -0.15) is 0 Å². The molecule has 1 aromatic carbocycles. The molecule has 1 aromatic rings. The Balaban J connectivity index is 1.99. The van der Waals surface area contributed by atoms with Gasteiger partial charge in [0.05, 0.1) is 4.92 Å². The predicted molar refractivity (Wildman–Crippen MR) is 81.9 cm³/mol. The number of rotatable bonds is 4. The molecular weight excluding hydrogens is 271 g/mol. The van der Waals surface area contributed by atoms with Gasteiger partial charge in [0.25, 0.3) is 0 Å². The molecule has 7 heteroatoms. The van der Waals surface area contributed by atoms with Crippen molar-refractivity contribution in [1.82, 2.24) is 4.81 Å². The molecule has 0 spiro atoms. The second kappa shape index (κ2) is 6.73. The molecule has 0 unspecified atom stereocenters. The van der Waals surface area contributed by atoms with E-state index in [2.05, 4.69) is 6.08 Å². The van der Waals surface area contributed by atoms with Crippen molar-refractivity contribution in [1.29, 1.82) is 0 Å². The quantitative estimate of drug-likeness (QED) is 0.504. The normalized spacial score (nSPS) is 17.2. The monoisotopic (exact) mass is 290 g/mol. The van der Waals surface area contributed by atoms with Crippen LogP contribution in [0.15, 0.2) is 24.3 Å². The molecule has 2 rings (SSSR count). The summed E-state index contributed by atoms with van der Waals surface area (Å²) in [5.41, 5.74) is 0.429. The van der Waals surface area contributed by atoms with Crippen LogP contribution in [0.5, 0.6) is 5.75 Å². The second-order valence-corrected chi connectivity index (χ2v) is 5.37. The molecule has 1 aliphatic heterocycles. The first kappa shape index (κ1) is 15.5. The molecule has 0 atom stereocenters. The van der Waals surface area contributed by atoms with Crippen molar-refractivity contribution >= 4 is 18.8 Å². The minimum atomic E-state index is -0.589. The van der Waals surface area contributed by atoms with Crippen LogP contribution in [0.4, 0.5) is 5.69 Å². The summed E-state index contributed by atoms with van der Waals surface area (Å²) in [7, 11) is -0.408. The minimum absolute atomic E-state index is 0.277. The highest BCUT2D eigenvalue weighted by Gasteiger charge is 2.22. The van der Waals surface area contributed by atoms with Crippen molar-refractivity contribution in [3.63, 3.8) is 0 Å². The fraction of sp³-hybridized carbons (Fsp3) is 0.429. The van der Waals surface area contributed by atoms with E-state index < -0.39 is 12.0 Å². The smallest absolute Gasteiger partial charge is 0.376 e. The third kappa shape index (κ3) is 4.06. The third-order valence-corrected chi connectivity index (χ3v) is 3.86. The molecule has 1 heterocycles. The summed E-state index contributed by atoms with van der Waals surface area (Å²) in [5.74, 6) is 0.0928. The maximum absolute atomic E-state index is 10.8. The molecule has 0 bridgehead atoms. The van der Waals surface area contributed by atoms with Gasteiger partial charge in [-0.25, -0.2) is 0 Å². The van der Waals surface area contributed by atoms with Crippen molar-refractivity contribution < 1.29 is 15.1 Å². The number of nitrogens with zero attached hydrogens (tertiary/aromatic N) is 2. The molecule has 112 valence electrons. The van der Waals surface area contributed by atoms with Crippen LogP contribution in [-0.4, -0.2) is 40.0 Å². The molecule has 0 radical (unpaired) electrons. The Hall–Kier alpha value is -1.86. The Labute approximate surface area is 124 Å². The van der Waals surface area contributed by atoms with Crippen LogP contribution in [0.1, 0.15) is 18.4 Å². The van der Waals surface area contributed by atoms with Crippen LogP contribution in [0.3, 0.4) is 0 Å². The molecule has 0 saturated carbocycles. The van der Waals surface area contributed by atoms with E-state index >= 15 is 0 Å². The maximum Gasteiger partial charge on any atom is 0.376 e. The third-order valence-electron chi connectivity index (χ3n) is 3.86. The highest BCUT2D eigenvalue weighted by atomic mass is 16.6. The largest absolute Gasteiger partial charge is 0.502 e. The van der Waals surface area contributed by atoms with Crippen LogP contribution in [0.2, 0.25) is 6.82 Å². The second-order valence-electron chi connectivity index (χ2n) is 5.37. The summed E-state index contributed by atoms with van der Waals surface area (Å²) in [4.78, 5) is 12.2. The zero-order valence-corrected chi connectivity index (χ0v) is 12.0. The van der Waals surface area contributed by atoms with Crippen molar-refractivity contribution in [2.24, 2.45) is 5.92 Å². The Bertz CT molecular complexity index is 540. The number of nitro groups is 1. The van der Waals surface area contributed by atoms with Crippen molar-refractivity contribution in [2.45, 2.75) is 19.7 Å². The van der Waals surface area contributed by atoms with Gasteiger partial charge >= 0.3 is 12.7 Å². The summed E-state index contributed by atoms with van der Waals surface area (Å²) in [6, 6.07) is 4.37. The van der Waals surface area contributed by atoms with E-state index in [1.54, 1.807) is 12.9 Å². The molecule has 0 amide bonds. The van der Waals surface area contributed by atoms with E-state index in [4.69, 9.17) is 0 Å². The molecular formula is C14H19BN2O4. The summed E-state index contributed by atoms with van der Waals surface area (Å²) in [5, 5.41) is 29.7. The maximum atomic E-state index is 10.8. The van der Waals surface area contributed by atoms with Gasteiger partial charge in [-0.05, 0) is 50.3 Å². The van der Waals surface area contributed by atoms with Gasteiger partial charge < -0.3 is 14.9 Å². The number of piperidine rings is 1. The lowest BCUT2D eigenvalue weighted by molar-refractivity contribution is -0.385. The molecule has 1 fully saturated rings. The molecule has 0 aromatic heterocycles. The minimum Gasteiger partial charge on any atom is -0.502 e. The number of hydrogen-bond acceptors (Lipinski definition) is 5. The van der Waals surface area contributed by atoms with Crippen LogP contribution in [-0.2, 0) is 0 Å². The zero-order chi connectivity index (χ0) is 15.4. The Morgan fingerprint density at radius 3 is 2.67 bits per heavy atom. The van der Waals surface area contributed by atoms with E-state index in [1.165, 1.54) is 12.1 Å². The van der Waals surface area contributed by atoms with Gasteiger partial charge in [0.1, 0.15) is 0 Å². The van der Waals surface area contributed by atoms with Crippen LogP contribution in [0, 0.1) is 16.0 Å². The lowest BCUT2D eigenvalue weighted by Crippen LogP contribution is -2.42. The number of phenols is 1. The van der Waals surface area contributed by atoms with E-state index in [0.29, 0.717) is 11.5 Å². The Morgan fingerprint density at radius 2 is 2.10 bits per heavy atom. The molecule has 1 aliphatic rings. The number of benzene rings is 1. The van der Waals surface area contributed by atoms with Gasteiger partial charge in [0.2, 0.25) is 0 Å². The highest BCUT2D eigenvalue weighted by Crippen LogP contribution is 2.27. The topological polar surface area (TPSA) is 86.8 Å². The van der Waals surface area contributed by atoms with Crippen LogP contribution < -0.4 is 0 Å². The van der Waals surface area contributed by atoms with E-state index in [-0.39, 0.29) is 11.4 Å². The van der Waals surface area contributed by atoms with Crippen LogP contribution in [0.25, 0.3) is 6.08 Å². The lowest BCUT2D eigenvalue weighted by Gasteiger charge is -2.31. The molecule has 6 nitrogen and oxygen atoms in total. The zero-order valence-electron chi connectivity index (χ0n) is 12.0. The Morgan fingerprint density at radius 1 is 1.43 bits per heavy atom. The SMILES string of the molecule is CB(O)N1CCC(C=Cc2ccc(O)c([N+](=O)[O-])c2)CC1. The number of phenolic OH excluding ortho intramolecular Hbond substituents is 1. The van der Waals surface area contributed by atoms with Gasteiger partial charge in [0, 0.05) is 6.07 Å². The van der Waals surface area contributed by atoms with Crippen molar-refractivity contribution in [2.75, 3.05) is 13.1 Å². The summed E-state index contributed by atoms with van der Waals surface area (Å²) >= 11 is 0. The summed E-state index contributed by atoms with van der Waals surface area (Å²) in [6.45, 7) is 3.47. The van der Waals surface area contributed by atoms with E-state index in [0.717, 1.165) is 25.9 Å². The average Bonchev–Trinajstić information content (AvgIpc) is 2.46. The molecule has 2 N–H and O–H groups in total. The highest BCUT2D eigenvalue weighted by molar-refractivity contribution is 6.45. The standard InChI is InChI=1S/C14H19BN2O4/c1-15(19)16-8-6-11(7-9-16)2-3-12-4-5-14(18)13(10-12)17(20)21/h2-5,10-11,18-19H,6-9H2,1H3. The van der Waals surface area contributed by atoms with Gasteiger partial charge in [-0.1, -0.05) is 18.2 Å². The van der Waals surface area contributed by atoms with E-state index in [9.17, 15) is 20.2 Å². The first-order chi connectivity index (χ1) is 9.97. The average molecular weight is 290 g/mol. The number of nitro benzene ring substituents is 1. The van der Waals surface area contributed by atoms with E-state index in [1.807, 2.05) is 10.9 Å². The molecule has 21 heavy (non-hydrogen) atoms. The number of hydrogen-bond donors (Lipinski definition) is 2. The molecule has 1 saturated heterocycles. The summed E-state index contributed by atoms with van der Waals surface area (Å²) in [6.07, 6.45) is 5.83. The fourth-order valence-corrected chi connectivity index (χ4v) is 2.52. The predicted octanol–water partition coefficient (Wildman–Crippen LogP) is 2.14.